The molecule has 0 spiro atoms. The summed E-state index contributed by atoms with van der Waals surface area (Å²) in [5.41, 5.74) is 0.605. The number of aromatic nitrogens is 2. The summed E-state index contributed by atoms with van der Waals surface area (Å²) in [4.78, 5) is 25.8. The Bertz CT molecular complexity index is 1030. The monoisotopic (exact) mass is 510 g/mol. The maximum Gasteiger partial charge on any atom is 0.332 e. The predicted molar refractivity (Wildman–Crippen MR) is 126 cm³/mol. The SMILES string of the molecule is CC(C)(C)c1cc(-n2ccc(=O)[nH]c2=O)cc(I)c1OCC#CC[Si](C)(C)C. The molecule has 1 aromatic carbocycles. The first-order valence-electron chi connectivity index (χ1n) is 9.13. The Balaban J connectivity index is 2.42. The van der Waals surface area contributed by atoms with E-state index in [-0.39, 0.29) is 5.41 Å². The van der Waals surface area contributed by atoms with Crippen molar-refractivity contribution in [3.63, 3.8) is 0 Å². The Morgan fingerprint density at radius 2 is 1.86 bits per heavy atom. The van der Waals surface area contributed by atoms with E-state index in [4.69, 9.17) is 4.74 Å². The first-order chi connectivity index (χ1) is 12.9. The van der Waals surface area contributed by atoms with Crippen molar-refractivity contribution < 1.29 is 4.74 Å². The number of hydrogen-bond donors (Lipinski definition) is 1. The van der Waals surface area contributed by atoms with E-state index >= 15 is 0 Å². The summed E-state index contributed by atoms with van der Waals surface area (Å²) in [6, 6.07) is 6.10. The molecule has 0 aliphatic rings. The van der Waals surface area contributed by atoms with Crippen molar-refractivity contribution in [1.29, 1.82) is 0 Å². The number of rotatable bonds is 4. The molecule has 7 heteroatoms. The van der Waals surface area contributed by atoms with Crippen molar-refractivity contribution >= 4 is 30.7 Å². The van der Waals surface area contributed by atoms with Crippen molar-refractivity contribution in [2.45, 2.75) is 51.9 Å². The average Bonchev–Trinajstić information content (AvgIpc) is 2.53. The summed E-state index contributed by atoms with van der Waals surface area (Å²) < 4.78 is 8.36. The van der Waals surface area contributed by atoms with Crippen molar-refractivity contribution in [2.24, 2.45) is 0 Å². The van der Waals surface area contributed by atoms with E-state index in [0.717, 1.165) is 20.9 Å². The van der Waals surface area contributed by atoms with Gasteiger partial charge in [0.1, 0.15) is 12.4 Å². The van der Waals surface area contributed by atoms with Crippen LogP contribution in [0.2, 0.25) is 25.7 Å². The van der Waals surface area contributed by atoms with Crippen molar-refractivity contribution in [3.05, 3.63) is 54.4 Å². The highest BCUT2D eigenvalue weighted by Crippen LogP contribution is 2.36. The number of nitrogens with zero attached hydrogens (tertiary/aromatic N) is 1. The number of aromatic amines is 1. The van der Waals surface area contributed by atoms with Gasteiger partial charge in [-0.25, -0.2) is 4.79 Å². The van der Waals surface area contributed by atoms with Gasteiger partial charge in [-0.05, 0) is 40.1 Å². The fraction of sp³-hybridized carbons (Fsp3) is 0.429. The highest BCUT2D eigenvalue weighted by Gasteiger charge is 2.23. The van der Waals surface area contributed by atoms with Crippen LogP contribution in [0.4, 0.5) is 0 Å². The second kappa shape index (κ2) is 8.70. The Kier molecular flexibility index (Phi) is 6.99. The molecule has 0 bridgehead atoms. The summed E-state index contributed by atoms with van der Waals surface area (Å²) in [6.07, 6.45) is 1.49. The van der Waals surface area contributed by atoms with Crippen LogP contribution in [-0.4, -0.2) is 24.2 Å². The van der Waals surface area contributed by atoms with E-state index in [1.807, 2.05) is 12.1 Å². The molecular formula is C21H27IN2O3Si. The topological polar surface area (TPSA) is 64.1 Å². The zero-order chi connectivity index (χ0) is 21.1. The molecule has 0 radical (unpaired) electrons. The summed E-state index contributed by atoms with van der Waals surface area (Å²) >= 11 is 2.22. The summed E-state index contributed by atoms with van der Waals surface area (Å²) in [5, 5.41) is 0. The molecule has 0 unspecified atom stereocenters. The third kappa shape index (κ3) is 6.11. The Labute approximate surface area is 180 Å². The molecule has 5 nitrogen and oxygen atoms in total. The third-order valence-corrected chi connectivity index (χ3v) is 6.01. The van der Waals surface area contributed by atoms with E-state index in [2.05, 4.69) is 79.8 Å². The minimum atomic E-state index is -1.18. The van der Waals surface area contributed by atoms with Gasteiger partial charge in [0, 0.05) is 23.9 Å². The van der Waals surface area contributed by atoms with E-state index in [1.54, 1.807) is 0 Å². The number of H-pyrrole nitrogens is 1. The van der Waals surface area contributed by atoms with Gasteiger partial charge >= 0.3 is 5.69 Å². The lowest BCUT2D eigenvalue weighted by Crippen LogP contribution is -2.28. The van der Waals surface area contributed by atoms with Gasteiger partial charge < -0.3 is 4.74 Å². The normalized spacial score (nSPS) is 11.7. The van der Waals surface area contributed by atoms with E-state index in [1.165, 1.54) is 16.8 Å². The number of nitrogens with one attached hydrogen (secondary N) is 1. The summed E-state index contributed by atoms with van der Waals surface area (Å²) in [7, 11) is -1.18. The van der Waals surface area contributed by atoms with Gasteiger partial charge in [0.15, 0.2) is 0 Å². The van der Waals surface area contributed by atoms with Crippen LogP contribution in [0.5, 0.6) is 5.75 Å². The smallest absolute Gasteiger partial charge is 0.332 e. The van der Waals surface area contributed by atoms with Gasteiger partial charge in [-0.2, -0.15) is 0 Å². The fourth-order valence-electron chi connectivity index (χ4n) is 2.53. The second-order valence-corrected chi connectivity index (χ2v) is 15.6. The van der Waals surface area contributed by atoms with Crippen LogP contribution < -0.4 is 16.0 Å². The molecular weight excluding hydrogens is 483 g/mol. The van der Waals surface area contributed by atoms with Crippen LogP contribution in [0.3, 0.4) is 0 Å². The van der Waals surface area contributed by atoms with Crippen molar-refractivity contribution in [1.82, 2.24) is 9.55 Å². The van der Waals surface area contributed by atoms with Crippen molar-refractivity contribution in [2.75, 3.05) is 6.61 Å². The quantitative estimate of drug-likeness (QED) is 0.382. The predicted octanol–water partition coefficient (Wildman–Crippen LogP) is 4.15. The average molecular weight is 510 g/mol. The summed E-state index contributed by atoms with van der Waals surface area (Å²) in [5.74, 6) is 7.14. The highest BCUT2D eigenvalue weighted by molar-refractivity contribution is 14.1. The number of benzene rings is 1. The van der Waals surface area contributed by atoms with Gasteiger partial charge in [-0.15, -0.1) is 5.92 Å². The first-order valence-corrected chi connectivity index (χ1v) is 13.9. The zero-order valence-corrected chi connectivity index (χ0v) is 20.4. The van der Waals surface area contributed by atoms with Gasteiger partial charge in [-0.1, -0.05) is 46.3 Å². The largest absolute Gasteiger partial charge is 0.480 e. The van der Waals surface area contributed by atoms with Gasteiger partial charge in [0.25, 0.3) is 5.56 Å². The molecule has 0 fully saturated rings. The first kappa shape index (κ1) is 22.5. The van der Waals surface area contributed by atoms with Crippen LogP contribution in [0.1, 0.15) is 26.3 Å². The van der Waals surface area contributed by atoms with Crippen LogP contribution in [0.25, 0.3) is 5.69 Å². The Morgan fingerprint density at radius 1 is 1.18 bits per heavy atom. The molecule has 0 saturated heterocycles. The summed E-state index contributed by atoms with van der Waals surface area (Å²) in [6.45, 7) is 13.5. The lowest BCUT2D eigenvalue weighted by Gasteiger charge is -2.24. The van der Waals surface area contributed by atoms with Gasteiger partial charge in [-0.3, -0.25) is 14.3 Å². The molecule has 0 aliphatic heterocycles. The van der Waals surface area contributed by atoms with E-state index < -0.39 is 19.3 Å². The molecule has 1 heterocycles. The van der Waals surface area contributed by atoms with Crippen LogP contribution in [-0.2, 0) is 5.41 Å². The minimum Gasteiger partial charge on any atom is -0.480 e. The molecule has 0 saturated carbocycles. The van der Waals surface area contributed by atoms with Crippen LogP contribution >= 0.6 is 22.6 Å². The maximum absolute atomic E-state index is 12.2. The molecule has 1 N–H and O–H groups in total. The molecule has 28 heavy (non-hydrogen) atoms. The molecule has 0 aliphatic carbocycles. The van der Waals surface area contributed by atoms with Gasteiger partial charge in [0.05, 0.1) is 17.3 Å². The molecule has 2 rings (SSSR count). The second-order valence-electron chi connectivity index (χ2n) is 8.91. The molecule has 150 valence electrons. The maximum atomic E-state index is 12.2. The highest BCUT2D eigenvalue weighted by atomic mass is 127. The number of ether oxygens (including phenoxy) is 1. The van der Waals surface area contributed by atoms with Gasteiger partial charge in [0.2, 0.25) is 0 Å². The lowest BCUT2D eigenvalue weighted by atomic mass is 9.86. The standard InChI is InChI=1S/C21H27IN2O3Si/c1-21(2,3)16-13-15(24-10-9-18(25)23-20(24)26)14-17(22)19(16)27-11-7-8-12-28(4,5)6/h9-10,13-14H,11-12H2,1-6H3,(H,23,25,26). The third-order valence-electron chi connectivity index (χ3n) is 3.97. The minimum absolute atomic E-state index is 0.192. The van der Waals surface area contributed by atoms with Crippen LogP contribution in [0, 0.1) is 15.4 Å². The molecule has 1 aromatic heterocycles. The Hall–Kier alpha value is -1.79. The Morgan fingerprint density at radius 3 is 2.43 bits per heavy atom. The molecule has 0 atom stereocenters. The number of hydrogen-bond acceptors (Lipinski definition) is 3. The molecule has 2 aromatic rings. The fourth-order valence-corrected chi connectivity index (χ4v) is 3.95. The van der Waals surface area contributed by atoms with E-state index in [9.17, 15) is 9.59 Å². The van der Waals surface area contributed by atoms with E-state index in [0.29, 0.717) is 12.3 Å². The number of halogens is 1. The zero-order valence-electron chi connectivity index (χ0n) is 17.3. The molecule has 0 amide bonds. The van der Waals surface area contributed by atoms with Crippen molar-refractivity contribution in [3.8, 4) is 23.3 Å². The van der Waals surface area contributed by atoms with Crippen LogP contribution in [0.15, 0.2) is 34.0 Å². The lowest BCUT2D eigenvalue weighted by molar-refractivity contribution is 0.354.